The van der Waals surface area contributed by atoms with Crippen LogP contribution in [0.4, 0.5) is 11.4 Å². The molecular formula is C13H16N4O2. The molecular weight excluding hydrogens is 244 g/mol. The standard InChI is InChI=1S/C13H16N4O2/c1-4-11-8(2)15-16(9(11)3)13-6-5-10(17(18)19)7-12(13)14/h5-7H,4,14H2,1-3H3. The number of nitro groups is 1. The van der Waals surface area contributed by atoms with Crippen molar-refractivity contribution in [2.75, 3.05) is 5.73 Å². The van der Waals surface area contributed by atoms with Crippen LogP contribution in [0.5, 0.6) is 0 Å². The molecule has 19 heavy (non-hydrogen) atoms. The monoisotopic (exact) mass is 260 g/mol. The number of nitro benzene ring substituents is 1. The summed E-state index contributed by atoms with van der Waals surface area (Å²) in [5.74, 6) is 0. The lowest BCUT2D eigenvalue weighted by Gasteiger charge is -2.08. The number of hydrogen-bond donors (Lipinski definition) is 1. The van der Waals surface area contributed by atoms with Crippen molar-refractivity contribution in [1.29, 1.82) is 0 Å². The van der Waals surface area contributed by atoms with Crippen molar-refractivity contribution in [2.45, 2.75) is 27.2 Å². The Morgan fingerprint density at radius 1 is 1.42 bits per heavy atom. The van der Waals surface area contributed by atoms with E-state index in [1.54, 1.807) is 10.7 Å². The molecule has 0 radical (unpaired) electrons. The predicted molar refractivity (Wildman–Crippen MR) is 73.5 cm³/mol. The lowest BCUT2D eigenvalue weighted by atomic mass is 10.1. The van der Waals surface area contributed by atoms with Gasteiger partial charge in [-0.05, 0) is 31.9 Å². The van der Waals surface area contributed by atoms with Gasteiger partial charge in [-0.2, -0.15) is 5.10 Å². The molecule has 0 amide bonds. The van der Waals surface area contributed by atoms with E-state index in [2.05, 4.69) is 12.0 Å². The van der Waals surface area contributed by atoms with E-state index in [1.165, 1.54) is 17.7 Å². The summed E-state index contributed by atoms with van der Waals surface area (Å²) in [4.78, 5) is 10.2. The second kappa shape index (κ2) is 4.72. The van der Waals surface area contributed by atoms with Gasteiger partial charge in [0.05, 0.1) is 22.0 Å². The van der Waals surface area contributed by atoms with Crippen LogP contribution in [0.25, 0.3) is 5.69 Å². The van der Waals surface area contributed by atoms with Gasteiger partial charge in [-0.25, -0.2) is 4.68 Å². The third-order valence-corrected chi connectivity index (χ3v) is 3.24. The van der Waals surface area contributed by atoms with Gasteiger partial charge < -0.3 is 5.73 Å². The van der Waals surface area contributed by atoms with Crippen LogP contribution in [0.2, 0.25) is 0 Å². The van der Waals surface area contributed by atoms with Gasteiger partial charge in [0.25, 0.3) is 5.69 Å². The van der Waals surface area contributed by atoms with Crippen LogP contribution >= 0.6 is 0 Å². The molecule has 1 aromatic heterocycles. The van der Waals surface area contributed by atoms with E-state index >= 15 is 0 Å². The minimum atomic E-state index is -0.460. The van der Waals surface area contributed by atoms with Crippen LogP contribution < -0.4 is 5.73 Å². The van der Waals surface area contributed by atoms with Crippen LogP contribution in [-0.4, -0.2) is 14.7 Å². The van der Waals surface area contributed by atoms with Crippen molar-refractivity contribution in [3.05, 3.63) is 45.3 Å². The fourth-order valence-electron chi connectivity index (χ4n) is 2.27. The summed E-state index contributed by atoms with van der Waals surface area (Å²) in [5, 5.41) is 15.2. The molecule has 0 bridgehead atoms. The summed E-state index contributed by atoms with van der Waals surface area (Å²) in [6.07, 6.45) is 0.893. The second-order valence-electron chi connectivity index (χ2n) is 4.41. The van der Waals surface area contributed by atoms with E-state index in [4.69, 9.17) is 5.73 Å². The molecule has 100 valence electrons. The Morgan fingerprint density at radius 3 is 2.58 bits per heavy atom. The highest BCUT2D eigenvalue weighted by molar-refractivity contribution is 5.62. The molecule has 0 saturated heterocycles. The molecule has 0 aliphatic rings. The molecule has 0 aliphatic carbocycles. The second-order valence-corrected chi connectivity index (χ2v) is 4.41. The van der Waals surface area contributed by atoms with Crippen molar-refractivity contribution in [2.24, 2.45) is 0 Å². The van der Waals surface area contributed by atoms with Crippen LogP contribution in [-0.2, 0) is 6.42 Å². The molecule has 0 aliphatic heterocycles. The summed E-state index contributed by atoms with van der Waals surface area (Å²) in [5.41, 5.74) is 10.1. The van der Waals surface area contributed by atoms with E-state index in [-0.39, 0.29) is 5.69 Å². The highest BCUT2D eigenvalue weighted by atomic mass is 16.6. The van der Waals surface area contributed by atoms with Gasteiger partial charge in [-0.3, -0.25) is 10.1 Å². The summed E-state index contributed by atoms with van der Waals surface area (Å²) in [6.45, 7) is 5.99. The number of non-ortho nitro benzene ring substituents is 1. The zero-order chi connectivity index (χ0) is 14.2. The highest BCUT2D eigenvalue weighted by Gasteiger charge is 2.15. The summed E-state index contributed by atoms with van der Waals surface area (Å²) < 4.78 is 1.74. The molecule has 2 rings (SSSR count). The van der Waals surface area contributed by atoms with Gasteiger partial charge in [0.15, 0.2) is 0 Å². The fourth-order valence-corrected chi connectivity index (χ4v) is 2.27. The molecule has 2 aromatic rings. The third kappa shape index (κ3) is 2.16. The van der Waals surface area contributed by atoms with Gasteiger partial charge >= 0.3 is 0 Å². The SMILES string of the molecule is CCc1c(C)nn(-c2ccc([N+](=O)[O-])cc2N)c1C. The zero-order valence-corrected chi connectivity index (χ0v) is 11.2. The summed E-state index contributed by atoms with van der Waals surface area (Å²) in [7, 11) is 0. The largest absolute Gasteiger partial charge is 0.397 e. The molecule has 1 aromatic carbocycles. The smallest absolute Gasteiger partial charge is 0.271 e. The first-order valence-corrected chi connectivity index (χ1v) is 6.05. The lowest BCUT2D eigenvalue weighted by Crippen LogP contribution is -2.04. The van der Waals surface area contributed by atoms with Crippen molar-refractivity contribution < 1.29 is 4.92 Å². The number of hydrogen-bond acceptors (Lipinski definition) is 4. The maximum atomic E-state index is 10.7. The van der Waals surface area contributed by atoms with Gasteiger partial charge in [0.1, 0.15) is 0 Å². The van der Waals surface area contributed by atoms with Gasteiger partial charge in [-0.1, -0.05) is 6.92 Å². The molecule has 1 heterocycles. The number of nitrogens with two attached hydrogens (primary N) is 1. The first-order valence-electron chi connectivity index (χ1n) is 6.05. The van der Waals surface area contributed by atoms with Crippen LogP contribution in [0, 0.1) is 24.0 Å². The number of nitrogen functional groups attached to an aromatic ring is 1. The van der Waals surface area contributed by atoms with Crippen LogP contribution in [0.1, 0.15) is 23.9 Å². The fraction of sp³-hybridized carbons (Fsp3) is 0.308. The summed E-state index contributed by atoms with van der Waals surface area (Å²) in [6, 6.07) is 4.43. The predicted octanol–water partition coefficient (Wildman–Crippen LogP) is 2.54. The first-order chi connectivity index (χ1) is 8.95. The Hall–Kier alpha value is -2.37. The topological polar surface area (TPSA) is 87.0 Å². The normalized spacial score (nSPS) is 10.7. The maximum absolute atomic E-state index is 10.7. The molecule has 0 spiro atoms. The number of nitrogens with zero attached hydrogens (tertiary/aromatic N) is 3. The van der Waals surface area contributed by atoms with Crippen molar-refractivity contribution in [3.63, 3.8) is 0 Å². The van der Waals surface area contributed by atoms with E-state index in [0.717, 1.165) is 17.8 Å². The maximum Gasteiger partial charge on any atom is 0.271 e. The molecule has 2 N–H and O–H groups in total. The number of aryl methyl sites for hydroxylation is 1. The van der Waals surface area contributed by atoms with Crippen molar-refractivity contribution in [3.8, 4) is 5.69 Å². The third-order valence-electron chi connectivity index (χ3n) is 3.24. The van der Waals surface area contributed by atoms with Crippen LogP contribution in [0.3, 0.4) is 0 Å². The van der Waals surface area contributed by atoms with Crippen LogP contribution in [0.15, 0.2) is 18.2 Å². The molecule has 0 fully saturated rings. The Morgan fingerprint density at radius 2 is 2.11 bits per heavy atom. The molecule has 0 atom stereocenters. The van der Waals surface area contributed by atoms with E-state index in [1.807, 2.05) is 13.8 Å². The molecule has 0 unspecified atom stereocenters. The average Bonchev–Trinajstić information content (AvgIpc) is 2.64. The quantitative estimate of drug-likeness (QED) is 0.522. The minimum absolute atomic E-state index is 0.0153. The van der Waals surface area contributed by atoms with E-state index in [9.17, 15) is 10.1 Å². The lowest BCUT2D eigenvalue weighted by molar-refractivity contribution is -0.384. The highest BCUT2D eigenvalue weighted by Crippen LogP contribution is 2.26. The molecule has 0 saturated carbocycles. The van der Waals surface area contributed by atoms with Gasteiger partial charge in [0, 0.05) is 17.8 Å². The number of anilines is 1. The average molecular weight is 260 g/mol. The number of aromatic nitrogens is 2. The van der Waals surface area contributed by atoms with Gasteiger partial charge in [-0.15, -0.1) is 0 Å². The Balaban J connectivity index is 2.57. The summed E-state index contributed by atoms with van der Waals surface area (Å²) >= 11 is 0. The Labute approximate surface area is 111 Å². The van der Waals surface area contributed by atoms with E-state index < -0.39 is 4.92 Å². The minimum Gasteiger partial charge on any atom is -0.397 e. The first kappa shape index (κ1) is 13.1. The van der Waals surface area contributed by atoms with Crippen molar-refractivity contribution in [1.82, 2.24) is 9.78 Å². The Bertz CT molecular complexity index is 646. The Kier molecular flexibility index (Phi) is 3.25. The number of benzene rings is 1. The number of rotatable bonds is 3. The molecule has 6 heteroatoms. The van der Waals surface area contributed by atoms with Gasteiger partial charge in [0.2, 0.25) is 0 Å². The zero-order valence-electron chi connectivity index (χ0n) is 11.2. The van der Waals surface area contributed by atoms with Crippen molar-refractivity contribution >= 4 is 11.4 Å². The molecule has 6 nitrogen and oxygen atoms in total. The van der Waals surface area contributed by atoms with E-state index in [0.29, 0.717) is 11.4 Å².